The summed E-state index contributed by atoms with van der Waals surface area (Å²) in [5.41, 5.74) is 1.35. The molecule has 0 radical (unpaired) electrons. The van der Waals surface area contributed by atoms with Gasteiger partial charge in [0.2, 0.25) is 0 Å². The van der Waals surface area contributed by atoms with Crippen molar-refractivity contribution in [2.24, 2.45) is 5.92 Å². The zero-order valence-corrected chi connectivity index (χ0v) is 19.7. The maximum Gasteiger partial charge on any atom is 0.278 e. The third-order valence-electron chi connectivity index (χ3n) is 5.21. The van der Waals surface area contributed by atoms with Crippen LogP contribution in [0.5, 0.6) is 5.75 Å². The molecule has 0 fully saturated rings. The molecule has 178 valence electrons. The Morgan fingerprint density at radius 1 is 0.970 bits per heavy atom. The Morgan fingerprint density at radius 2 is 1.64 bits per heavy atom. The Labute approximate surface area is 194 Å². The summed E-state index contributed by atoms with van der Waals surface area (Å²) in [5.74, 6) is 0.934. The van der Waals surface area contributed by atoms with Crippen LogP contribution in [0.15, 0.2) is 52.8 Å². The Bertz CT molecular complexity index is 942. The number of nitrogens with zero attached hydrogens (tertiary/aromatic N) is 2. The van der Waals surface area contributed by atoms with Crippen LogP contribution in [0.3, 0.4) is 0 Å². The highest BCUT2D eigenvalue weighted by molar-refractivity contribution is 6.35. The summed E-state index contributed by atoms with van der Waals surface area (Å²) in [6.45, 7) is 6.53. The van der Waals surface area contributed by atoms with Crippen molar-refractivity contribution in [3.8, 4) is 5.75 Å². The molecule has 33 heavy (non-hydrogen) atoms. The number of amides is 2. The van der Waals surface area contributed by atoms with Crippen LogP contribution in [0.4, 0.5) is 0 Å². The van der Waals surface area contributed by atoms with E-state index in [1.807, 2.05) is 29.2 Å². The number of rotatable bonds is 13. The van der Waals surface area contributed by atoms with Crippen molar-refractivity contribution < 1.29 is 28.2 Å². The summed E-state index contributed by atoms with van der Waals surface area (Å²) in [4.78, 5) is 30.1. The lowest BCUT2D eigenvalue weighted by Gasteiger charge is -2.25. The van der Waals surface area contributed by atoms with E-state index in [1.54, 1.807) is 26.4 Å². The first kappa shape index (κ1) is 24.5. The number of methoxy groups -OCH3 is 2. The van der Waals surface area contributed by atoms with Crippen LogP contribution in [0.1, 0.15) is 25.2 Å². The number of hydrogen-bond donors (Lipinski definition) is 0. The van der Waals surface area contributed by atoms with E-state index >= 15 is 0 Å². The monoisotopic (exact) mass is 456 g/mol. The fraction of sp³-hybridized carbons (Fsp3) is 0.440. The van der Waals surface area contributed by atoms with E-state index in [0.29, 0.717) is 61.4 Å². The Balaban J connectivity index is 1.98. The van der Waals surface area contributed by atoms with Gasteiger partial charge in [0, 0.05) is 27.3 Å². The largest absolute Gasteiger partial charge is 0.493 e. The Kier molecular flexibility index (Phi) is 8.68. The molecular weight excluding hydrogens is 424 g/mol. The first-order valence-electron chi connectivity index (χ1n) is 11.0. The minimum atomic E-state index is -0.362. The molecule has 0 bridgehead atoms. The summed E-state index contributed by atoms with van der Waals surface area (Å²) in [6, 6.07) is 10.8. The molecule has 0 unspecified atom stereocenters. The molecule has 2 amide bonds. The second-order valence-corrected chi connectivity index (χ2v) is 8.20. The lowest BCUT2D eigenvalue weighted by molar-refractivity contribution is -0.138. The SMILES string of the molecule is COCCN(CCOC)C1=C(c2ccc(OCC(C)C)cc2)C(=O)N(Cc2ccco2)C1=O. The molecule has 8 nitrogen and oxygen atoms in total. The predicted octanol–water partition coefficient (Wildman–Crippen LogP) is 3.19. The van der Waals surface area contributed by atoms with Gasteiger partial charge < -0.3 is 23.5 Å². The second-order valence-electron chi connectivity index (χ2n) is 8.20. The lowest BCUT2D eigenvalue weighted by Crippen LogP contribution is -2.37. The van der Waals surface area contributed by atoms with Gasteiger partial charge in [0.05, 0.1) is 38.2 Å². The van der Waals surface area contributed by atoms with Crippen molar-refractivity contribution in [1.82, 2.24) is 9.80 Å². The molecule has 0 N–H and O–H groups in total. The smallest absolute Gasteiger partial charge is 0.278 e. The van der Waals surface area contributed by atoms with E-state index in [9.17, 15) is 9.59 Å². The van der Waals surface area contributed by atoms with Crippen molar-refractivity contribution in [1.29, 1.82) is 0 Å². The molecule has 8 heteroatoms. The van der Waals surface area contributed by atoms with Crippen LogP contribution < -0.4 is 4.74 Å². The van der Waals surface area contributed by atoms with Crippen LogP contribution in [0, 0.1) is 5.92 Å². The molecule has 2 aromatic rings. The molecule has 0 aliphatic carbocycles. The molecule has 0 atom stereocenters. The Hall–Kier alpha value is -3.10. The number of hydrogen-bond acceptors (Lipinski definition) is 7. The number of carbonyl (C=O) groups excluding carboxylic acids is 2. The highest BCUT2D eigenvalue weighted by atomic mass is 16.5. The highest BCUT2D eigenvalue weighted by Crippen LogP contribution is 2.33. The topological polar surface area (TPSA) is 81.4 Å². The third kappa shape index (κ3) is 6.03. The number of ether oxygens (including phenoxy) is 3. The first-order chi connectivity index (χ1) is 16.0. The maximum absolute atomic E-state index is 13.5. The summed E-state index contributed by atoms with van der Waals surface area (Å²) in [5, 5.41) is 0. The van der Waals surface area contributed by atoms with Gasteiger partial charge in [-0.2, -0.15) is 0 Å². The second kappa shape index (κ2) is 11.7. The van der Waals surface area contributed by atoms with Crippen LogP contribution in [0.25, 0.3) is 5.57 Å². The summed E-state index contributed by atoms with van der Waals surface area (Å²) in [7, 11) is 3.20. The quantitative estimate of drug-likeness (QED) is 0.428. The molecule has 0 saturated heterocycles. The summed E-state index contributed by atoms with van der Waals surface area (Å²) < 4.78 is 21.6. The summed E-state index contributed by atoms with van der Waals surface area (Å²) in [6.07, 6.45) is 1.52. The molecule has 0 spiro atoms. The Morgan fingerprint density at radius 3 is 2.18 bits per heavy atom. The van der Waals surface area contributed by atoms with Crippen LogP contribution in [0.2, 0.25) is 0 Å². The molecule has 1 aliphatic rings. The van der Waals surface area contributed by atoms with E-state index in [2.05, 4.69) is 13.8 Å². The van der Waals surface area contributed by atoms with Crippen molar-refractivity contribution >= 4 is 17.4 Å². The van der Waals surface area contributed by atoms with E-state index < -0.39 is 0 Å². The average Bonchev–Trinajstić information content (AvgIpc) is 3.41. The fourth-order valence-electron chi connectivity index (χ4n) is 3.54. The zero-order valence-electron chi connectivity index (χ0n) is 19.7. The van der Waals surface area contributed by atoms with Gasteiger partial charge in [0.25, 0.3) is 11.8 Å². The van der Waals surface area contributed by atoms with Crippen LogP contribution >= 0.6 is 0 Å². The molecule has 1 aromatic heterocycles. The molecular formula is C25H32N2O6. The predicted molar refractivity (Wildman–Crippen MR) is 123 cm³/mol. The number of furan rings is 1. The fourth-order valence-corrected chi connectivity index (χ4v) is 3.54. The van der Waals surface area contributed by atoms with Crippen molar-refractivity contribution in [2.45, 2.75) is 20.4 Å². The van der Waals surface area contributed by atoms with Gasteiger partial charge in [-0.15, -0.1) is 0 Å². The van der Waals surface area contributed by atoms with E-state index in [1.165, 1.54) is 11.2 Å². The summed E-state index contributed by atoms with van der Waals surface area (Å²) >= 11 is 0. The average molecular weight is 457 g/mol. The molecule has 2 heterocycles. The van der Waals surface area contributed by atoms with Gasteiger partial charge in [-0.05, 0) is 35.7 Å². The van der Waals surface area contributed by atoms with E-state index in [-0.39, 0.29) is 18.4 Å². The third-order valence-corrected chi connectivity index (χ3v) is 5.21. The van der Waals surface area contributed by atoms with Crippen molar-refractivity contribution in [3.63, 3.8) is 0 Å². The molecule has 1 aromatic carbocycles. The normalized spacial score (nSPS) is 14.0. The van der Waals surface area contributed by atoms with Crippen LogP contribution in [-0.2, 0) is 25.6 Å². The van der Waals surface area contributed by atoms with Gasteiger partial charge in [0.1, 0.15) is 17.2 Å². The lowest BCUT2D eigenvalue weighted by atomic mass is 10.0. The molecule has 0 saturated carbocycles. The number of benzene rings is 1. The minimum Gasteiger partial charge on any atom is -0.493 e. The zero-order chi connectivity index (χ0) is 23.8. The van der Waals surface area contributed by atoms with E-state index in [0.717, 1.165) is 5.75 Å². The number of imide groups is 1. The van der Waals surface area contributed by atoms with Gasteiger partial charge >= 0.3 is 0 Å². The van der Waals surface area contributed by atoms with Gasteiger partial charge in [-0.25, -0.2) is 0 Å². The van der Waals surface area contributed by atoms with Gasteiger partial charge in [-0.1, -0.05) is 26.0 Å². The molecule has 1 aliphatic heterocycles. The van der Waals surface area contributed by atoms with Crippen molar-refractivity contribution in [2.75, 3.05) is 47.1 Å². The highest BCUT2D eigenvalue weighted by Gasteiger charge is 2.41. The van der Waals surface area contributed by atoms with Gasteiger partial charge in [0.15, 0.2) is 0 Å². The molecule has 3 rings (SSSR count). The van der Waals surface area contributed by atoms with Crippen molar-refractivity contribution in [3.05, 3.63) is 59.7 Å². The van der Waals surface area contributed by atoms with E-state index in [4.69, 9.17) is 18.6 Å². The number of carbonyl (C=O) groups is 2. The first-order valence-corrected chi connectivity index (χ1v) is 11.0. The van der Waals surface area contributed by atoms with Gasteiger partial charge in [-0.3, -0.25) is 14.5 Å². The van der Waals surface area contributed by atoms with Crippen LogP contribution in [-0.4, -0.2) is 68.7 Å². The minimum absolute atomic E-state index is 0.0651. The standard InChI is InChI=1S/C25H32N2O6/c1-18(2)17-33-20-9-7-19(8-10-20)22-23(26(11-14-30-3)12-15-31-4)25(29)27(24(22)28)16-21-6-5-13-32-21/h5-10,13,18H,11-12,14-17H2,1-4H3. The maximum atomic E-state index is 13.5.